The number of hydrogen-bond donors (Lipinski definition) is 1. The number of benzene rings is 1. The molecule has 2 rings (SSSR count). The molecule has 0 aliphatic heterocycles. The third-order valence-electron chi connectivity index (χ3n) is 2.81. The zero-order valence-electron chi connectivity index (χ0n) is 10.2. The summed E-state index contributed by atoms with van der Waals surface area (Å²) in [4.78, 5) is 0. The van der Waals surface area contributed by atoms with Crippen LogP contribution in [-0.4, -0.2) is 14.9 Å². The van der Waals surface area contributed by atoms with Crippen molar-refractivity contribution in [1.29, 1.82) is 0 Å². The van der Waals surface area contributed by atoms with Gasteiger partial charge >= 0.3 is 6.18 Å². The van der Waals surface area contributed by atoms with Gasteiger partial charge in [0.05, 0.1) is 17.9 Å². The SMILES string of the molecule is Cn1cc(CC(O)c2ccc(C(F)(F)F)cc2)cn1. The molecule has 19 heavy (non-hydrogen) atoms. The monoisotopic (exact) mass is 270 g/mol. The van der Waals surface area contributed by atoms with Crippen molar-refractivity contribution in [2.24, 2.45) is 7.05 Å². The Morgan fingerprint density at radius 1 is 1.26 bits per heavy atom. The minimum atomic E-state index is -4.35. The molecule has 6 heteroatoms. The van der Waals surface area contributed by atoms with E-state index in [1.54, 1.807) is 24.1 Å². The lowest BCUT2D eigenvalue weighted by molar-refractivity contribution is -0.137. The molecule has 102 valence electrons. The van der Waals surface area contributed by atoms with Gasteiger partial charge in [0, 0.05) is 19.7 Å². The molecule has 0 saturated heterocycles. The minimum Gasteiger partial charge on any atom is -0.388 e. The molecule has 1 heterocycles. The van der Waals surface area contributed by atoms with Crippen molar-refractivity contribution in [1.82, 2.24) is 9.78 Å². The molecule has 1 N–H and O–H groups in total. The summed E-state index contributed by atoms with van der Waals surface area (Å²) in [6, 6.07) is 4.54. The average Bonchev–Trinajstić information content (AvgIpc) is 2.74. The van der Waals surface area contributed by atoms with Crippen LogP contribution in [0.3, 0.4) is 0 Å². The van der Waals surface area contributed by atoms with Crippen LogP contribution >= 0.6 is 0 Å². The van der Waals surface area contributed by atoms with E-state index in [1.165, 1.54) is 12.1 Å². The van der Waals surface area contributed by atoms with Crippen molar-refractivity contribution in [2.45, 2.75) is 18.7 Å². The number of hydrogen-bond acceptors (Lipinski definition) is 2. The van der Waals surface area contributed by atoms with Crippen molar-refractivity contribution in [3.63, 3.8) is 0 Å². The number of halogens is 3. The second-order valence-electron chi connectivity index (χ2n) is 4.36. The largest absolute Gasteiger partial charge is 0.416 e. The summed E-state index contributed by atoms with van der Waals surface area (Å²) < 4.78 is 38.8. The summed E-state index contributed by atoms with van der Waals surface area (Å²) >= 11 is 0. The van der Waals surface area contributed by atoms with Crippen LogP contribution in [0.2, 0.25) is 0 Å². The number of alkyl halides is 3. The molecule has 1 aromatic carbocycles. The molecule has 3 nitrogen and oxygen atoms in total. The van der Waals surface area contributed by atoms with Crippen LogP contribution in [-0.2, 0) is 19.6 Å². The van der Waals surface area contributed by atoms with Crippen molar-refractivity contribution in [2.75, 3.05) is 0 Å². The highest BCUT2D eigenvalue weighted by Gasteiger charge is 2.30. The van der Waals surface area contributed by atoms with E-state index in [2.05, 4.69) is 5.10 Å². The predicted molar refractivity (Wildman–Crippen MR) is 63.3 cm³/mol. The molecule has 0 aliphatic carbocycles. The van der Waals surface area contributed by atoms with Gasteiger partial charge in [-0.15, -0.1) is 0 Å². The van der Waals surface area contributed by atoms with E-state index in [4.69, 9.17) is 0 Å². The standard InChI is InChI=1S/C13H13F3N2O/c1-18-8-9(7-17-18)6-12(19)10-2-4-11(5-3-10)13(14,15)16/h2-5,7-8,12,19H,6H2,1H3. The number of aliphatic hydroxyl groups is 1. The van der Waals surface area contributed by atoms with Gasteiger partial charge in [-0.1, -0.05) is 12.1 Å². The van der Waals surface area contributed by atoms with Gasteiger partial charge in [-0.2, -0.15) is 18.3 Å². The molecule has 0 radical (unpaired) electrons. The Bertz CT molecular complexity index is 546. The summed E-state index contributed by atoms with van der Waals surface area (Å²) in [6.45, 7) is 0. The highest BCUT2D eigenvalue weighted by atomic mass is 19.4. The highest BCUT2D eigenvalue weighted by Crippen LogP contribution is 2.30. The molecule has 0 aliphatic rings. The number of aromatic nitrogens is 2. The zero-order chi connectivity index (χ0) is 14.0. The summed E-state index contributed by atoms with van der Waals surface area (Å²) in [5.74, 6) is 0. The first-order valence-corrected chi connectivity index (χ1v) is 5.69. The van der Waals surface area contributed by atoms with E-state index in [0.717, 1.165) is 17.7 Å². The fourth-order valence-corrected chi connectivity index (χ4v) is 1.81. The Labute approximate surface area is 108 Å². The minimum absolute atomic E-state index is 0.319. The molecule has 0 fully saturated rings. The molecule has 1 unspecified atom stereocenters. The molecule has 0 amide bonds. The number of aryl methyl sites for hydroxylation is 1. The molecule has 0 spiro atoms. The van der Waals surface area contributed by atoms with Gasteiger partial charge in [0.25, 0.3) is 0 Å². The maximum Gasteiger partial charge on any atom is 0.416 e. The first-order valence-electron chi connectivity index (χ1n) is 5.69. The van der Waals surface area contributed by atoms with Crippen LogP contribution in [0.5, 0.6) is 0 Å². The van der Waals surface area contributed by atoms with Gasteiger partial charge < -0.3 is 5.11 Å². The fraction of sp³-hybridized carbons (Fsp3) is 0.308. The van der Waals surface area contributed by atoms with Crippen LogP contribution in [0.4, 0.5) is 13.2 Å². The first-order chi connectivity index (χ1) is 8.86. The van der Waals surface area contributed by atoms with Gasteiger partial charge in [0.15, 0.2) is 0 Å². The van der Waals surface area contributed by atoms with Gasteiger partial charge in [-0.05, 0) is 23.3 Å². The summed E-state index contributed by atoms with van der Waals surface area (Å²) in [5.41, 5.74) is 0.566. The predicted octanol–water partition coefficient (Wildman–Crippen LogP) is 2.72. The maximum absolute atomic E-state index is 12.4. The molecular formula is C13H13F3N2O. The van der Waals surface area contributed by atoms with Gasteiger partial charge in [0.2, 0.25) is 0 Å². The van der Waals surface area contributed by atoms with Crippen molar-refractivity contribution >= 4 is 0 Å². The summed E-state index contributed by atoms with van der Waals surface area (Å²) in [6.07, 6.45) is -1.50. The molecule has 0 bridgehead atoms. The highest BCUT2D eigenvalue weighted by molar-refractivity contribution is 5.27. The first kappa shape index (κ1) is 13.6. The van der Waals surface area contributed by atoms with Crippen molar-refractivity contribution in [3.05, 3.63) is 53.3 Å². The second kappa shape index (κ2) is 5.05. The van der Waals surface area contributed by atoms with Crippen molar-refractivity contribution in [3.8, 4) is 0 Å². The number of aliphatic hydroxyl groups excluding tert-OH is 1. The number of nitrogens with zero attached hydrogens (tertiary/aromatic N) is 2. The van der Waals surface area contributed by atoms with E-state index in [1.807, 2.05) is 0 Å². The molecule has 1 atom stereocenters. The van der Waals surface area contributed by atoms with Gasteiger partial charge in [-0.25, -0.2) is 0 Å². The van der Waals surface area contributed by atoms with E-state index < -0.39 is 17.8 Å². The summed E-state index contributed by atoms with van der Waals surface area (Å²) in [5, 5.41) is 13.9. The Hall–Kier alpha value is -1.82. The normalized spacial score (nSPS) is 13.5. The Morgan fingerprint density at radius 3 is 2.37 bits per heavy atom. The molecular weight excluding hydrogens is 257 g/mol. The smallest absolute Gasteiger partial charge is 0.388 e. The lowest BCUT2D eigenvalue weighted by atomic mass is 10.0. The maximum atomic E-state index is 12.4. The van der Waals surface area contributed by atoms with Crippen LogP contribution < -0.4 is 0 Å². The van der Waals surface area contributed by atoms with E-state index in [-0.39, 0.29) is 0 Å². The number of rotatable bonds is 3. The molecule has 0 saturated carbocycles. The Morgan fingerprint density at radius 2 is 1.89 bits per heavy atom. The molecule has 1 aromatic heterocycles. The topological polar surface area (TPSA) is 38.0 Å². The second-order valence-corrected chi connectivity index (χ2v) is 4.36. The van der Waals surface area contributed by atoms with E-state index in [9.17, 15) is 18.3 Å². The van der Waals surface area contributed by atoms with E-state index in [0.29, 0.717) is 12.0 Å². The van der Waals surface area contributed by atoms with Crippen molar-refractivity contribution < 1.29 is 18.3 Å². The Kier molecular flexibility index (Phi) is 3.61. The van der Waals surface area contributed by atoms with Gasteiger partial charge in [-0.3, -0.25) is 4.68 Å². The quantitative estimate of drug-likeness (QED) is 0.931. The van der Waals surface area contributed by atoms with E-state index >= 15 is 0 Å². The zero-order valence-corrected chi connectivity index (χ0v) is 10.2. The average molecular weight is 270 g/mol. The third kappa shape index (κ3) is 3.35. The van der Waals surface area contributed by atoms with Gasteiger partial charge in [0.1, 0.15) is 0 Å². The Balaban J connectivity index is 2.09. The summed E-state index contributed by atoms with van der Waals surface area (Å²) in [7, 11) is 1.76. The fourth-order valence-electron chi connectivity index (χ4n) is 1.81. The lowest BCUT2D eigenvalue weighted by Crippen LogP contribution is -2.06. The van der Waals surface area contributed by atoms with Crippen LogP contribution in [0.25, 0.3) is 0 Å². The van der Waals surface area contributed by atoms with Crippen LogP contribution in [0, 0.1) is 0 Å². The van der Waals surface area contributed by atoms with Crippen LogP contribution in [0.1, 0.15) is 22.8 Å². The van der Waals surface area contributed by atoms with Crippen LogP contribution in [0.15, 0.2) is 36.7 Å². The molecule has 2 aromatic rings. The third-order valence-corrected chi connectivity index (χ3v) is 2.81. The lowest BCUT2D eigenvalue weighted by Gasteiger charge is -2.11.